The van der Waals surface area contributed by atoms with E-state index in [4.69, 9.17) is 0 Å². The molecule has 0 spiro atoms. The Hall–Kier alpha value is -1.66. The predicted octanol–water partition coefficient (Wildman–Crippen LogP) is 3.23. The van der Waals surface area contributed by atoms with E-state index >= 15 is 0 Å². The minimum absolute atomic E-state index is 0.0353. The largest absolute Gasteiger partial charge is 0.349 e. The Kier molecular flexibility index (Phi) is 3.82. The molecule has 1 atom stereocenters. The Morgan fingerprint density at radius 3 is 2.82 bits per heavy atom. The predicted molar refractivity (Wildman–Crippen MR) is 87.9 cm³/mol. The van der Waals surface area contributed by atoms with Gasteiger partial charge in [0.15, 0.2) is 9.84 Å². The van der Waals surface area contributed by atoms with Crippen molar-refractivity contribution < 1.29 is 13.2 Å². The molecule has 116 valence electrons. The molecule has 0 aliphatic carbocycles. The molecule has 0 fully saturated rings. The fraction of sp³-hybridized carbons (Fsp3) is 0.312. The Labute approximate surface area is 134 Å². The molecule has 0 unspecified atom stereocenters. The summed E-state index contributed by atoms with van der Waals surface area (Å²) in [6.45, 7) is 3.96. The first kappa shape index (κ1) is 15.2. The number of carbonyl (C=O) groups is 1. The van der Waals surface area contributed by atoms with Crippen molar-refractivity contribution in [1.82, 2.24) is 5.32 Å². The molecular formula is C16H17NO3S2. The Balaban J connectivity index is 2.04. The van der Waals surface area contributed by atoms with E-state index in [0.717, 1.165) is 16.9 Å². The summed E-state index contributed by atoms with van der Waals surface area (Å²) in [6.07, 6.45) is 0.855. The van der Waals surface area contributed by atoms with Crippen molar-refractivity contribution in [2.75, 3.05) is 0 Å². The van der Waals surface area contributed by atoms with Gasteiger partial charge in [0.25, 0.3) is 5.91 Å². The first-order valence-corrected chi connectivity index (χ1v) is 9.65. The standard InChI is InChI=1S/C16H17NO3S2/c1-3-10(2)17-16(18)13-8-11-9-22(19,20)14-7-5-4-6-12(14)15(11)21-13/h4-8,10H,3,9H2,1-2H3,(H,17,18)/t10-/m1/s1. The number of carbonyl (C=O) groups excluding carboxylic acids is 1. The van der Waals surface area contributed by atoms with E-state index in [1.54, 1.807) is 24.3 Å². The van der Waals surface area contributed by atoms with Crippen molar-refractivity contribution in [3.05, 3.63) is 40.8 Å². The maximum absolute atomic E-state index is 12.3. The van der Waals surface area contributed by atoms with Crippen LogP contribution in [0.2, 0.25) is 0 Å². The van der Waals surface area contributed by atoms with Gasteiger partial charge >= 0.3 is 0 Å². The minimum Gasteiger partial charge on any atom is -0.349 e. The molecular weight excluding hydrogens is 318 g/mol. The van der Waals surface area contributed by atoms with Gasteiger partial charge in [-0.05, 0) is 31.0 Å². The third-order valence-electron chi connectivity index (χ3n) is 3.83. The van der Waals surface area contributed by atoms with Crippen LogP contribution in [0.25, 0.3) is 10.4 Å². The maximum atomic E-state index is 12.3. The summed E-state index contributed by atoms with van der Waals surface area (Å²) in [5, 5.41) is 2.92. The van der Waals surface area contributed by atoms with Gasteiger partial charge in [-0.1, -0.05) is 25.1 Å². The molecule has 22 heavy (non-hydrogen) atoms. The van der Waals surface area contributed by atoms with Crippen LogP contribution < -0.4 is 5.32 Å². The molecule has 1 aromatic carbocycles. The number of hydrogen-bond donors (Lipinski definition) is 1. The Bertz CT molecular complexity index is 837. The average Bonchev–Trinajstić information content (AvgIpc) is 2.90. The van der Waals surface area contributed by atoms with E-state index in [1.807, 2.05) is 19.9 Å². The highest BCUT2D eigenvalue weighted by Crippen LogP contribution is 2.42. The average molecular weight is 335 g/mol. The Morgan fingerprint density at radius 1 is 1.36 bits per heavy atom. The molecule has 1 N–H and O–H groups in total. The SMILES string of the molecule is CC[C@@H](C)NC(=O)c1cc2c(s1)-c1ccccc1S(=O)(=O)C2. The van der Waals surface area contributed by atoms with Crippen molar-refractivity contribution in [3.63, 3.8) is 0 Å². The van der Waals surface area contributed by atoms with Gasteiger partial charge in [0.05, 0.1) is 15.5 Å². The van der Waals surface area contributed by atoms with Gasteiger partial charge in [-0.2, -0.15) is 0 Å². The normalized spacial score (nSPS) is 16.5. The topological polar surface area (TPSA) is 63.2 Å². The molecule has 6 heteroatoms. The fourth-order valence-corrected chi connectivity index (χ4v) is 5.34. The van der Waals surface area contributed by atoms with E-state index in [2.05, 4.69) is 5.32 Å². The first-order valence-electron chi connectivity index (χ1n) is 7.18. The maximum Gasteiger partial charge on any atom is 0.261 e. The molecule has 0 saturated heterocycles. The molecule has 1 aromatic heterocycles. The van der Waals surface area contributed by atoms with Crippen molar-refractivity contribution in [3.8, 4) is 10.4 Å². The quantitative estimate of drug-likeness (QED) is 0.936. The van der Waals surface area contributed by atoms with Gasteiger partial charge in [-0.25, -0.2) is 8.42 Å². The van der Waals surface area contributed by atoms with Crippen LogP contribution in [0, 0.1) is 0 Å². The van der Waals surface area contributed by atoms with Crippen LogP contribution >= 0.6 is 11.3 Å². The van der Waals surface area contributed by atoms with Crippen molar-refractivity contribution in [1.29, 1.82) is 0 Å². The van der Waals surface area contributed by atoms with Crippen LogP contribution in [-0.4, -0.2) is 20.4 Å². The molecule has 2 aromatic rings. The third kappa shape index (κ3) is 2.57. The molecule has 1 aliphatic heterocycles. The van der Waals surface area contributed by atoms with E-state index in [-0.39, 0.29) is 17.7 Å². The number of benzene rings is 1. The summed E-state index contributed by atoms with van der Waals surface area (Å²) in [7, 11) is -3.32. The molecule has 1 amide bonds. The van der Waals surface area contributed by atoms with Gasteiger partial charge in [-0.3, -0.25) is 4.79 Å². The van der Waals surface area contributed by atoms with Gasteiger partial charge in [0, 0.05) is 16.5 Å². The van der Waals surface area contributed by atoms with Crippen molar-refractivity contribution >= 4 is 27.1 Å². The van der Waals surface area contributed by atoms with Crippen LogP contribution in [-0.2, 0) is 15.6 Å². The molecule has 0 saturated carbocycles. The van der Waals surface area contributed by atoms with Gasteiger partial charge in [0.1, 0.15) is 0 Å². The Morgan fingerprint density at radius 2 is 2.09 bits per heavy atom. The van der Waals surface area contributed by atoms with Gasteiger partial charge < -0.3 is 5.32 Å². The highest BCUT2D eigenvalue weighted by Gasteiger charge is 2.30. The highest BCUT2D eigenvalue weighted by atomic mass is 32.2. The van der Waals surface area contributed by atoms with E-state index in [9.17, 15) is 13.2 Å². The second kappa shape index (κ2) is 5.52. The fourth-order valence-electron chi connectivity index (χ4n) is 2.48. The molecule has 0 bridgehead atoms. The number of hydrogen-bond acceptors (Lipinski definition) is 4. The lowest BCUT2D eigenvalue weighted by Crippen LogP contribution is -2.31. The second-order valence-electron chi connectivity index (χ2n) is 5.50. The zero-order chi connectivity index (χ0) is 15.9. The lowest BCUT2D eigenvalue weighted by atomic mass is 10.1. The summed E-state index contributed by atoms with van der Waals surface area (Å²) in [5.74, 6) is -0.171. The van der Waals surface area contributed by atoms with Crippen LogP contribution in [0.3, 0.4) is 0 Å². The summed E-state index contributed by atoms with van der Waals surface area (Å²) in [6, 6.07) is 8.80. The number of nitrogens with one attached hydrogen (secondary N) is 1. The van der Waals surface area contributed by atoms with Crippen LogP contribution in [0.15, 0.2) is 35.2 Å². The third-order valence-corrected chi connectivity index (χ3v) is 6.76. The molecule has 3 rings (SSSR count). The molecule has 1 aliphatic rings. The van der Waals surface area contributed by atoms with E-state index in [1.165, 1.54) is 11.3 Å². The summed E-state index contributed by atoms with van der Waals surface area (Å²) >= 11 is 1.36. The number of sulfone groups is 1. The molecule has 0 radical (unpaired) electrons. The molecule has 2 heterocycles. The summed E-state index contributed by atoms with van der Waals surface area (Å²) in [5.41, 5.74) is 1.43. The highest BCUT2D eigenvalue weighted by molar-refractivity contribution is 7.91. The second-order valence-corrected chi connectivity index (χ2v) is 8.51. The van der Waals surface area contributed by atoms with Crippen LogP contribution in [0.4, 0.5) is 0 Å². The zero-order valence-electron chi connectivity index (χ0n) is 12.4. The minimum atomic E-state index is -3.32. The molecule has 4 nitrogen and oxygen atoms in total. The number of rotatable bonds is 3. The van der Waals surface area contributed by atoms with Crippen LogP contribution in [0.5, 0.6) is 0 Å². The van der Waals surface area contributed by atoms with Crippen molar-refractivity contribution in [2.45, 2.75) is 37.0 Å². The zero-order valence-corrected chi connectivity index (χ0v) is 14.1. The number of thiophene rings is 1. The monoisotopic (exact) mass is 335 g/mol. The van der Waals surface area contributed by atoms with Crippen molar-refractivity contribution in [2.24, 2.45) is 0 Å². The van der Waals surface area contributed by atoms with E-state index in [0.29, 0.717) is 15.3 Å². The number of fused-ring (bicyclic) bond motifs is 3. The summed E-state index contributed by atoms with van der Waals surface area (Å²) in [4.78, 5) is 14.1. The smallest absolute Gasteiger partial charge is 0.261 e. The first-order chi connectivity index (χ1) is 10.4. The lowest BCUT2D eigenvalue weighted by Gasteiger charge is -2.15. The van der Waals surface area contributed by atoms with Gasteiger partial charge in [0.2, 0.25) is 0 Å². The summed E-state index contributed by atoms with van der Waals surface area (Å²) < 4.78 is 24.7. The van der Waals surface area contributed by atoms with E-state index < -0.39 is 9.84 Å². The van der Waals surface area contributed by atoms with Crippen LogP contribution in [0.1, 0.15) is 35.5 Å². The lowest BCUT2D eigenvalue weighted by molar-refractivity contribution is 0.0943. The van der Waals surface area contributed by atoms with Gasteiger partial charge in [-0.15, -0.1) is 11.3 Å². The number of amides is 1.